The van der Waals surface area contributed by atoms with Crippen molar-refractivity contribution in [2.24, 2.45) is 0 Å². The maximum Gasteiger partial charge on any atom is 0.217 e. The molecule has 0 bridgehead atoms. The predicted molar refractivity (Wildman–Crippen MR) is 124 cm³/mol. The van der Waals surface area contributed by atoms with E-state index in [-0.39, 0.29) is 12.4 Å². The number of aryl methyl sites for hydroxylation is 1. The Balaban J connectivity index is 1.26. The van der Waals surface area contributed by atoms with Crippen LogP contribution in [0.25, 0.3) is 0 Å². The van der Waals surface area contributed by atoms with Crippen molar-refractivity contribution >= 4 is 27.5 Å². The van der Waals surface area contributed by atoms with Crippen molar-refractivity contribution in [3.8, 4) is 5.75 Å². The number of para-hydroxylation sites is 1. The summed E-state index contributed by atoms with van der Waals surface area (Å²) in [5.41, 5.74) is 1.09. The molecule has 10 heteroatoms. The number of benzene rings is 1. The molecule has 1 fully saturated rings. The number of hydrogen-bond acceptors (Lipinski definition) is 8. The van der Waals surface area contributed by atoms with E-state index in [1.54, 1.807) is 6.20 Å². The van der Waals surface area contributed by atoms with Crippen LogP contribution in [0.1, 0.15) is 5.56 Å². The van der Waals surface area contributed by atoms with Gasteiger partial charge in [-0.05, 0) is 42.8 Å². The standard InChI is InChI=1S/C22H26N6O3S/c1-18-7-8-20(23-17-18)24-21-9-10-22(26-25-21)27-11-13-28(14-12-27)32(29,30)16-15-31-19-5-3-2-4-6-19/h2-10,17H,11-16H2,1H3,(H,23,24,25). The average Bonchev–Trinajstić information content (AvgIpc) is 2.82. The Morgan fingerprint density at radius 2 is 1.69 bits per heavy atom. The highest BCUT2D eigenvalue weighted by atomic mass is 32.2. The highest BCUT2D eigenvalue weighted by molar-refractivity contribution is 7.89. The Bertz CT molecular complexity index is 1100. The predicted octanol–water partition coefficient (Wildman–Crippen LogP) is 2.45. The van der Waals surface area contributed by atoms with Crippen molar-refractivity contribution in [1.29, 1.82) is 0 Å². The minimum absolute atomic E-state index is 0.0465. The van der Waals surface area contributed by atoms with Gasteiger partial charge < -0.3 is 15.0 Å². The molecule has 0 saturated carbocycles. The minimum atomic E-state index is -3.37. The van der Waals surface area contributed by atoms with Crippen molar-refractivity contribution in [3.05, 3.63) is 66.4 Å². The third-order valence-electron chi connectivity index (χ3n) is 5.13. The van der Waals surface area contributed by atoms with Crippen LogP contribution in [0.15, 0.2) is 60.8 Å². The molecule has 2 aromatic heterocycles. The first-order valence-corrected chi connectivity index (χ1v) is 12.0. The second-order valence-corrected chi connectivity index (χ2v) is 9.57. The Morgan fingerprint density at radius 1 is 0.938 bits per heavy atom. The molecular weight excluding hydrogens is 428 g/mol. The van der Waals surface area contributed by atoms with Gasteiger partial charge in [-0.25, -0.2) is 13.4 Å². The van der Waals surface area contributed by atoms with E-state index in [1.807, 2.05) is 66.4 Å². The minimum Gasteiger partial charge on any atom is -0.492 e. The van der Waals surface area contributed by atoms with Crippen LogP contribution in [0.5, 0.6) is 5.75 Å². The second-order valence-electron chi connectivity index (χ2n) is 7.49. The summed E-state index contributed by atoms with van der Waals surface area (Å²) in [7, 11) is -3.37. The van der Waals surface area contributed by atoms with Gasteiger partial charge in [-0.15, -0.1) is 10.2 Å². The molecule has 3 aromatic rings. The van der Waals surface area contributed by atoms with E-state index in [2.05, 4.69) is 20.5 Å². The fraction of sp³-hybridized carbons (Fsp3) is 0.318. The number of sulfonamides is 1. The highest BCUT2D eigenvalue weighted by Crippen LogP contribution is 2.18. The number of pyridine rings is 1. The first-order valence-electron chi connectivity index (χ1n) is 10.4. The number of rotatable bonds is 8. The summed E-state index contributed by atoms with van der Waals surface area (Å²) < 4.78 is 32.3. The normalized spacial score (nSPS) is 14.8. The summed E-state index contributed by atoms with van der Waals surface area (Å²) in [6.45, 7) is 4.03. The van der Waals surface area contributed by atoms with Gasteiger partial charge in [0.25, 0.3) is 0 Å². The third kappa shape index (κ3) is 5.71. The number of ether oxygens (including phenoxy) is 1. The van der Waals surface area contributed by atoms with Crippen LogP contribution < -0.4 is 15.0 Å². The van der Waals surface area contributed by atoms with Crippen LogP contribution in [0.4, 0.5) is 17.5 Å². The zero-order valence-electron chi connectivity index (χ0n) is 17.9. The summed E-state index contributed by atoms with van der Waals surface area (Å²) in [5, 5.41) is 11.6. The van der Waals surface area contributed by atoms with Crippen LogP contribution in [0, 0.1) is 6.92 Å². The number of hydrogen-bond donors (Lipinski definition) is 1. The monoisotopic (exact) mass is 454 g/mol. The molecule has 0 atom stereocenters. The maximum absolute atomic E-state index is 12.6. The molecule has 9 nitrogen and oxygen atoms in total. The van der Waals surface area contributed by atoms with Gasteiger partial charge in [-0.2, -0.15) is 4.31 Å². The van der Waals surface area contributed by atoms with E-state index in [9.17, 15) is 8.42 Å². The third-order valence-corrected chi connectivity index (χ3v) is 6.96. The van der Waals surface area contributed by atoms with E-state index in [0.29, 0.717) is 43.6 Å². The zero-order chi connectivity index (χ0) is 22.4. The molecule has 1 saturated heterocycles. The summed E-state index contributed by atoms with van der Waals surface area (Å²) in [5.74, 6) is 2.64. The van der Waals surface area contributed by atoms with Gasteiger partial charge in [0.15, 0.2) is 11.6 Å². The van der Waals surface area contributed by atoms with E-state index in [1.165, 1.54) is 4.31 Å². The lowest BCUT2D eigenvalue weighted by Gasteiger charge is -2.34. The summed E-state index contributed by atoms with van der Waals surface area (Å²) in [4.78, 5) is 6.33. The van der Waals surface area contributed by atoms with Gasteiger partial charge in [0, 0.05) is 32.4 Å². The molecule has 1 aromatic carbocycles. The Kier molecular flexibility index (Phi) is 6.81. The first kappa shape index (κ1) is 22.0. The number of aromatic nitrogens is 3. The molecule has 1 aliphatic heterocycles. The van der Waals surface area contributed by atoms with Crippen molar-refractivity contribution in [2.45, 2.75) is 6.92 Å². The molecule has 0 radical (unpaired) electrons. The lowest BCUT2D eigenvalue weighted by atomic mass is 10.3. The number of anilines is 3. The van der Waals surface area contributed by atoms with E-state index < -0.39 is 10.0 Å². The van der Waals surface area contributed by atoms with Crippen LogP contribution in [-0.2, 0) is 10.0 Å². The average molecular weight is 455 g/mol. The van der Waals surface area contributed by atoms with Gasteiger partial charge in [0.2, 0.25) is 10.0 Å². The van der Waals surface area contributed by atoms with Crippen LogP contribution in [0.2, 0.25) is 0 Å². The molecule has 0 aliphatic carbocycles. The van der Waals surface area contributed by atoms with Crippen molar-refractivity contribution < 1.29 is 13.2 Å². The maximum atomic E-state index is 12.6. The van der Waals surface area contributed by atoms with Gasteiger partial charge in [-0.1, -0.05) is 24.3 Å². The summed E-state index contributed by atoms with van der Waals surface area (Å²) in [6.07, 6.45) is 1.78. The Hall–Kier alpha value is -3.24. The molecule has 0 amide bonds. The smallest absolute Gasteiger partial charge is 0.217 e. The molecule has 32 heavy (non-hydrogen) atoms. The molecule has 4 rings (SSSR count). The van der Waals surface area contributed by atoms with Gasteiger partial charge in [0.05, 0.1) is 5.75 Å². The van der Waals surface area contributed by atoms with Crippen molar-refractivity contribution in [3.63, 3.8) is 0 Å². The fourth-order valence-corrected chi connectivity index (χ4v) is 4.61. The van der Waals surface area contributed by atoms with E-state index in [4.69, 9.17) is 4.74 Å². The number of nitrogens with zero attached hydrogens (tertiary/aromatic N) is 5. The SMILES string of the molecule is Cc1ccc(Nc2ccc(N3CCN(S(=O)(=O)CCOc4ccccc4)CC3)nn2)nc1. The number of nitrogens with one attached hydrogen (secondary N) is 1. The van der Waals surface area contributed by atoms with E-state index in [0.717, 1.165) is 11.4 Å². The molecular formula is C22H26N6O3S. The Labute approximate surface area is 188 Å². The topological polar surface area (TPSA) is 101 Å². The highest BCUT2D eigenvalue weighted by Gasteiger charge is 2.27. The van der Waals surface area contributed by atoms with Crippen LogP contribution in [0.3, 0.4) is 0 Å². The lowest BCUT2D eigenvalue weighted by molar-refractivity contribution is 0.331. The molecule has 0 spiro atoms. The molecule has 0 unspecified atom stereocenters. The molecule has 168 valence electrons. The quantitative estimate of drug-likeness (QED) is 0.554. The van der Waals surface area contributed by atoms with Crippen LogP contribution in [-0.4, -0.2) is 66.4 Å². The lowest BCUT2D eigenvalue weighted by Crippen LogP contribution is -2.50. The van der Waals surface area contributed by atoms with Gasteiger partial charge >= 0.3 is 0 Å². The van der Waals surface area contributed by atoms with Crippen molar-refractivity contribution in [2.75, 3.05) is 48.8 Å². The number of piperazine rings is 1. The molecule has 1 N–H and O–H groups in total. The summed E-state index contributed by atoms with van der Waals surface area (Å²) in [6, 6.07) is 16.8. The van der Waals surface area contributed by atoms with Crippen molar-refractivity contribution in [1.82, 2.24) is 19.5 Å². The largest absolute Gasteiger partial charge is 0.492 e. The second kappa shape index (κ2) is 9.92. The molecule has 3 heterocycles. The van der Waals surface area contributed by atoms with Crippen LogP contribution >= 0.6 is 0 Å². The first-order chi connectivity index (χ1) is 15.5. The summed E-state index contributed by atoms with van der Waals surface area (Å²) >= 11 is 0. The Morgan fingerprint density at radius 3 is 2.34 bits per heavy atom. The van der Waals surface area contributed by atoms with Gasteiger partial charge in [0.1, 0.15) is 18.2 Å². The zero-order valence-corrected chi connectivity index (χ0v) is 18.7. The van der Waals surface area contributed by atoms with E-state index >= 15 is 0 Å². The van der Waals surface area contributed by atoms with Gasteiger partial charge in [-0.3, -0.25) is 0 Å². The molecule has 1 aliphatic rings. The fourth-order valence-electron chi connectivity index (χ4n) is 3.34.